The SMILES string of the molecule is CNC1CCCN(C(=O)Cn2ccc([N+](=O)[O-])n2)C1. The summed E-state index contributed by atoms with van der Waals surface area (Å²) in [4.78, 5) is 23.8. The Morgan fingerprint density at radius 3 is 3.11 bits per heavy atom. The van der Waals surface area contributed by atoms with Gasteiger partial charge in [-0.1, -0.05) is 0 Å². The molecule has 2 heterocycles. The molecule has 1 aromatic rings. The third-order valence-electron chi connectivity index (χ3n) is 3.29. The Morgan fingerprint density at radius 2 is 2.47 bits per heavy atom. The summed E-state index contributed by atoms with van der Waals surface area (Å²) in [6.45, 7) is 1.46. The van der Waals surface area contributed by atoms with Crippen LogP contribution in [0.2, 0.25) is 0 Å². The number of nitrogens with zero attached hydrogens (tertiary/aromatic N) is 4. The largest absolute Gasteiger partial charge is 0.389 e. The summed E-state index contributed by atoms with van der Waals surface area (Å²) < 4.78 is 1.31. The normalized spacial score (nSPS) is 19.4. The third kappa shape index (κ3) is 3.28. The van der Waals surface area contributed by atoms with Crippen LogP contribution in [0.5, 0.6) is 0 Å². The van der Waals surface area contributed by atoms with E-state index in [9.17, 15) is 14.9 Å². The molecule has 0 radical (unpaired) electrons. The summed E-state index contributed by atoms with van der Waals surface area (Å²) >= 11 is 0. The number of hydrogen-bond donors (Lipinski definition) is 1. The number of nitro groups is 1. The average molecular weight is 267 g/mol. The fourth-order valence-corrected chi connectivity index (χ4v) is 2.21. The smallest absolute Gasteiger partial charge is 0.358 e. The maximum atomic E-state index is 12.1. The van der Waals surface area contributed by atoms with Crippen LogP contribution in [0.4, 0.5) is 5.82 Å². The van der Waals surface area contributed by atoms with Crippen LogP contribution in [-0.4, -0.2) is 51.7 Å². The first-order chi connectivity index (χ1) is 9.10. The zero-order valence-electron chi connectivity index (χ0n) is 10.8. The molecule has 8 heteroatoms. The van der Waals surface area contributed by atoms with Crippen molar-refractivity contribution in [3.63, 3.8) is 0 Å². The molecule has 104 valence electrons. The highest BCUT2D eigenvalue weighted by atomic mass is 16.6. The molecule has 1 amide bonds. The zero-order chi connectivity index (χ0) is 13.8. The highest BCUT2D eigenvalue weighted by Gasteiger charge is 2.23. The summed E-state index contributed by atoms with van der Waals surface area (Å²) in [6, 6.07) is 1.62. The number of hydrogen-bond acceptors (Lipinski definition) is 5. The van der Waals surface area contributed by atoms with Gasteiger partial charge in [-0.2, -0.15) is 4.68 Å². The summed E-state index contributed by atoms with van der Waals surface area (Å²) in [5, 5.41) is 17.4. The minimum absolute atomic E-state index is 0.0459. The second kappa shape index (κ2) is 5.79. The van der Waals surface area contributed by atoms with Gasteiger partial charge in [-0.25, -0.2) is 0 Å². The number of likely N-dealkylation sites (tertiary alicyclic amines) is 1. The van der Waals surface area contributed by atoms with Crippen LogP contribution in [0, 0.1) is 10.1 Å². The number of likely N-dealkylation sites (N-methyl/N-ethyl adjacent to an activating group) is 1. The van der Waals surface area contributed by atoms with Crippen LogP contribution in [0.15, 0.2) is 12.3 Å². The van der Waals surface area contributed by atoms with E-state index in [4.69, 9.17) is 0 Å². The Bertz CT molecular complexity index is 473. The van der Waals surface area contributed by atoms with E-state index in [0.717, 1.165) is 19.4 Å². The molecule has 1 unspecified atom stereocenters. The number of carbonyl (C=O) groups is 1. The van der Waals surface area contributed by atoms with Crippen molar-refractivity contribution in [3.05, 3.63) is 22.4 Å². The zero-order valence-corrected chi connectivity index (χ0v) is 10.8. The highest BCUT2D eigenvalue weighted by molar-refractivity contribution is 5.76. The summed E-state index contributed by atoms with van der Waals surface area (Å²) in [5.41, 5.74) is 0. The van der Waals surface area contributed by atoms with Crippen molar-refractivity contribution in [1.29, 1.82) is 0 Å². The van der Waals surface area contributed by atoms with Crippen molar-refractivity contribution in [1.82, 2.24) is 20.0 Å². The molecule has 1 saturated heterocycles. The second-order valence-electron chi connectivity index (χ2n) is 4.60. The van der Waals surface area contributed by atoms with Gasteiger partial charge in [0.2, 0.25) is 5.91 Å². The van der Waals surface area contributed by atoms with E-state index in [1.54, 1.807) is 4.90 Å². The van der Waals surface area contributed by atoms with Gasteiger partial charge >= 0.3 is 5.82 Å². The van der Waals surface area contributed by atoms with E-state index in [-0.39, 0.29) is 18.3 Å². The van der Waals surface area contributed by atoms with Gasteiger partial charge in [0.15, 0.2) is 0 Å². The van der Waals surface area contributed by atoms with E-state index in [0.29, 0.717) is 12.6 Å². The van der Waals surface area contributed by atoms with Gasteiger partial charge in [0, 0.05) is 19.1 Å². The lowest BCUT2D eigenvalue weighted by molar-refractivity contribution is -0.389. The maximum absolute atomic E-state index is 12.1. The van der Waals surface area contributed by atoms with E-state index >= 15 is 0 Å². The Labute approximate surface area is 110 Å². The fraction of sp³-hybridized carbons (Fsp3) is 0.636. The van der Waals surface area contributed by atoms with Crippen LogP contribution in [0.3, 0.4) is 0 Å². The molecule has 0 bridgehead atoms. The predicted molar refractivity (Wildman–Crippen MR) is 67.5 cm³/mol. The van der Waals surface area contributed by atoms with Gasteiger partial charge in [0.05, 0.1) is 17.4 Å². The second-order valence-corrected chi connectivity index (χ2v) is 4.60. The molecule has 1 aliphatic heterocycles. The number of amides is 1. The molecular weight excluding hydrogens is 250 g/mol. The molecule has 19 heavy (non-hydrogen) atoms. The van der Waals surface area contributed by atoms with Gasteiger partial charge in [-0.15, -0.1) is 0 Å². The van der Waals surface area contributed by atoms with E-state index in [1.165, 1.54) is 16.9 Å². The summed E-state index contributed by atoms with van der Waals surface area (Å²) in [7, 11) is 1.88. The molecule has 1 aromatic heterocycles. The minimum Gasteiger partial charge on any atom is -0.358 e. The van der Waals surface area contributed by atoms with Crippen molar-refractivity contribution in [2.24, 2.45) is 0 Å². The van der Waals surface area contributed by atoms with E-state index < -0.39 is 4.92 Å². The number of nitrogens with one attached hydrogen (secondary N) is 1. The van der Waals surface area contributed by atoms with E-state index in [1.807, 2.05) is 7.05 Å². The van der Waals surface area contributed by atoms with Crippen LogP contribution in [-0.2, 0) is 11.3 Å². The Hall–Kier alpha value is -1.96. The number of piperidine rings is 1. The van der Waals surface area contributed by atoms with Crippen LogP contribution in [0.1, 0.15) is 12.8 Å². The number of aromatic nitrogens is 2. The molecule has 1 N–H and O–H groups in total. The molecule has 0 spiro atoms. The Balaban J connectivity index is 1.94. The molecular formula is C11H17N5O3. The summed E-state index contributed by atoms with van der Waals surface area (Å²) in [6.07, 6.45) is 3.49. The molecule has 1 aliphatic rings. The molecule has 1 atom stereocenters. The van der Waals surface area contributed by atoms with Crippen molar-refractivity contribution in [2.45, 2.75) is 25.4 Å². The number of carbonyl (C=O) groups excluding carboxylic acids is 1. The average Bonchev–Trinajstić information content (AvgIpc) is 2.87. The first-order valence-electron chi connectivity index (χ1n) is 6.23. The molecule has 2 rings (SSSR count). The molecule has 0 aliphatic carbocycles. The monoisotopic (exact) mass is 267 g/mol. The quantitative estimate of drug-likeness (QED) is 0.612. The topological polar surface area (TPSA) is 93.3 Å². The summed E-state index contributed by atoms with van der Waals surface area (Å²) in [5.74, 6) is -0.294. The lowest BCUT2D eigenvalue weighted by Crippen LogP contribution is -2.47. The molecule has 8 nitrogen and oxygen atoms in total. The molecule has 1 fully saturated rings. The van der Waals surface area contributed by atoms with Crippen LogP contribution in [0.25, 0.3) is 0 Å². The molecule has 0 saturated carbocycles. The first-order valence-corrected chi connectivity index (χ1v) is 6.23. The fourth-order valence-electron chi connectivity index (χ4n) is 2.21. The van der Waals surface area contributed by atoms with Gasteiger partial charge < -0.3 is 20.3 Å². The van der Waals surface area contributed by atoms with Crippen LogP contribution >= 0.6 is 0 Å². The Morgan fingerprint density at radius 1 is 1.68 bits per heavy atom. The van der Waals surface area contributed by atoms with Crippen molar-refractivity contribution in [3.8, 4) is 0 Å². The van der Waals surface area contributed by atoms with Crippen molar-refractivity contribution < 1.29 is 9.72 Å². The van der Waals surface area contributed by atoms with Crippen LogP contribution < -0.4 is 5.32 Å². The third-order valence-corrected chi connectivity index (χ3v) is 3.29. The molecule has 0 aromatic carbocycles. The lowest BCUT2D eigenvalue weighted by atomic mass is 10.1. The van der Waals surface area contributed by atoms with Gasteiger partial charge in [0.25, 0.3) is 0 Å². The number of rotatable bonds is 4. The van der Waals surface area contributed by atoms with Crippen molar-refractivity contribution >= 4 is 11.7 Å². The maximum Gasteiger partial charge on any atom is 0.389 e. The lowest BCUT2D eigenvalue weighted by Gasteiger charge is -2.32. The minimum atomic E-state index is -0.571. The predicted octanol–water partition coefficient (Wildman–Crippen LogP) is 0.00170. The van der Waals surface area contributed by atoms with Gasteiger partial charge in [0.1, 0.15) is 6.54 Å². The van der Waals surface area contributed by atoms with Crippen molar-refractivity contribution in [2.75, 3.05) is 20.1 Å². The van der Waals surface area contributed by atoms with Gasteiger partial charge in [-0.05, 0) is 24.8 Å². The van der Waals surface area contributed by atoms with Gasteiger partial charge in [-0.3, -0.25) is 4.79 Å². The standard InChI is InChI=1S/C11H17N5O3/c1-12-9-3-2-5-14(7-9)11(17)8-15-6-4-10(13-15)16(18)19/h4,6,9,12H,2-3,5,7-8H2,1H3. The first kappa shape index (κ1) is 13.5. The van der Waals surface area contributed by atoms with E-state index in [2.05, 4.69) is 10.4 Å². The highest BCUT2D eigenvalue weighted by Crippen LogP contribution is 2.11. The Kier molecular flexibility index (Phi) is 4.10.